The molecule has 0 spiro atoms. The van der Waals surface area contributed by atoms with E-state index in [2.05, 4.69) is 0 Å². The third kappa shape index (κ3) is 2.57. The molecule has 88 valence electrons. The molecule has 0 unspecified atom stereocenters. The Kier molecular flexibility index (Phi) is 3.31. The normalized spacial score (nSPS) is 10.2. The van der Waals surface area contributed by atoms with E-state index in [0.29, 0.717) is 32.9 Å². The van der Waals surface area contributed by atoms with Crippen LogP contribution in [0.15, 0.2) is 36.4 Å². The zero-order valence-corrected chi connectivity index (χ0v) is 10.3. The number of hydrogen-bond acceptors (Lipinski definition) is 3. The van der Waals surface area contributed by atoms with Crippen LogP contribution >= 0.6 is 23.2 Å². The van der Waals surface area contributed by atoms with Gasteiger partial charge in [0.15, 0.2) is 5.75 Å². The van der Waals surface area contributed by atoms with Gasteiger partial charge in [-0.05, 0) is 36.4 Å². The van der Waals surface area contributed by atoms with Crippen LogP contribution < -0.4 is 16.2 Å². The van der Waals surface area contributed by atoms with Crippen LogP contribution in [0.5, 0.6) is 11.5 Å². The van der Waals surface area contributed by atoms with Crippen LogP contribution in [-0.4, -0.2) is 0 Å². The summed E-state index contributed by atoms with van der Waals surface area (Å²) in [5, 5.41) is 1.05. The number of nitrogens with two attached hydrogens (primary N) is 2. The molecular formula is C12H10Cl2N2O. The average molecular weight is 269 g/mol. The summed E-state index contributed by atoms with van der Waals surface area (Å²) in [6.45, 7) is 0. The molecular weight excluding hydrogens is 259 g/mol. The first-order valence-corrected chi connectivity index (χ1v) is 5.60. The highest BCUT2D eigenvalue weighted by atomic mass is 35.5. The van der Waals surface area contributed by atoms with Gasteiger partial charge in [0.2, 0.25) is 0 Å². The van der Waals surface area contributed by atoms with Gasteiger partial charge in [0, 0.05) is 5.02 Å². The van der Waals surface area contributed by atoms with E-state index in [9.17, 15) is 0 Å². The van der Waals surface area contributed by atoms with Crippen molar-refractivity contribution in [2.75, 3.05) is 11.5 Å². The van der Waals surface area contributed by atoms with Gasteiger partial charge in [0.1, 0.15) is 5.75 Å². The van der Waals surface area contributed by atoms with Gasteiger partial charge in [-0.25, -0.2) is 0 Å². The lowest BCUT2D eigenvalue weighted by molar-refractivity contribution is 0.485. The predicted octanol–water partition coefficient (Wildman–Crippen LogP) is 3.95. The number of benzene rings is 2. The molecule has 0 bridgehead atoms. The zero-order valence-electron chi connectivity index (χ0n) is 8.78. The van der Waals surface area contributed by atoms with Crippen LogP contribution in [0.4, 0.5) is 11.4 Å². The van der Waals surface area contributed by atoms with E-state index in [0.717, 1.165) is 0 Å². The van der Waals surface area contributed by atoms with E-state index >= 15 is 0 Å². The minimum Gasteiger partial charge on any atom is -0.455 e. The maximum atomic E-state index is 5.83. The molecule has 0 atom stereocenters. The van der Waals surface area contributed by atoms with Gasteiger partial charge >= 0.3 is 0 Å². The summed E-state index contributed by atoms with van der Waals surface area (Å²) < 4.78 is 5.58. The lowest BCUT2D eigenvalue weighted by Gasteiger charge is -2.11. The second kappa shape index (κ2) is 4.73. The first kappa shape index (κ1) is 11.9. The van der Waals surface area contributed by atoms with Gasteiger partial charge in [0.25, 0.3) is 0 Å². The van der Waals surface area contributed by atoms with Crippen LogP contribution in [0.3, 0.4) is 0 Å². The predicted molar refractivity (Wildman–Crippen MR) is 71.8 cm³/mol. The van der Waals surface area contributed by atoms with Crippen molar-refractivity contribution in [2.45, 2.75) is 0 Å². The Labute approximate surface area is 109 Å². The van der Waals surface area contributed by atoms with Gasteiger partial charge in [-0.3, -0.25) is 0 Å². The molecule has 0 aliphatic heterocycles. The number of hydrogen-bond donors (Lipinski definition) is 2. The SMILES string of the molecule is Nc1c(Cl)ccc(Oc2ccc(Cl)cc2)c1N. The van der Waals surface area contributed by atoms with E-state index in [-0.39, 0.29) is 0 Å². The van der Waals surface area contributed by atoms with Crippen LogP contribution in [0.25, 0.3) is 0 Å². The van der Waals surface area contributed by atoms with E-state index in [1.807, 2.05) is 0 Å². The molecule has 0 amide bonds. The molecule has 0 heterocycles. The molecule has 4 N–H and O–H groups in total. The quantitative estimate of drug-likeness (QED) is 0.811. The molecule has 3 nitrogen and oxygen atoms in total. The molecule has 17 heavy (non-hydrogen) atoms. The highest BCUT2D eigenvalue weighted by Crippen LogP contribution is 2.36. The van der Waals surface area contributed by atoms with E-state index < -0.39 is 0 Å². The minimum absolute atomic E-state index is 0.318. The van der Waals surface area contributed by atoms with Crippen molar-refractivity contribution in [2.24, 2.45) is 0 Å². The largest absolute Gasteiger partial charge is 0.455 e. The fourth-order valence-electron chi connectivity index (χ4n) is 1.31. The highest BCUT2D eigenvalue weighted by molar-refractivity contribution is 6.33. The van der Waals surface area contributed by atoms with Crippen molar-refractivity contribution in [3.8, 4) is 11.5 Å². The van der Waals surface area contributed by atoms with Gasteiger partial charge in [-0.2, -0.15) is 0 Å². The van der Waals surface area contributed by atoms with Crippen molar-refractivity contribution in [1.82, 2.24) is 0 Å². The fourth-order valence-corrected chi connectivity index (χ4v) is 1.60. The van der Waals surface area contributed by atoms with Gasteiger partial charge in [0.05, 0.1) is 16.4 Å². The van der Waals surface area contributed by atoms with Crippen molar-refractivity contribution < 1.29 is 4.74 Å². The maximum absolute atomic E-state index is 5.83. The average Bonchev–Trinajstić information content (AvgIpc) is 2.33. The summed E-state index contributed by atoms with van der Waals surface area (Å²) in [5.41, 5.74) is 12.1. The van der Waals surface area contributed by atoms with Gasteiger partial charge in [-0.1, -0.05) is 23.2 Å². The summed E-state index contributed by atoms with van der Waals surface area (Å²) in [5.74, 6) is 1.09. The Morgan fingerprint density at radius 2 is 1.47 bits per heavy atom. The molecule has 0 aliphatic rings. The Morgan fingerprint density at radius 3 is 2.12 bits per heavy atom. The molecule has 5 heteroatoms. The van der Waals surface area contributed by atoms with Crippen LogP contribution in [0, 0.1) is 0 Å². The summed E-state index contributed by atoms with van der Waals surface area (Å²) in [6.07, 6.45) is 0. The Bertz CT molecular complexity index is 541. The van der Waals surface area contributed by atoms with Crippen LogP contribution in [0.2, 0.25) is 10.0 Å². The van der Waals surface area contributed by atoms with E-state index in [4.69, 9.17) is 39.4 Å². The molecule has 2 rings (SSSR count). The van der Waals surface area contributed by atoms with Crippen molar-refractivity contribution >= 4 is 34.6 Å². The lowest BCUT2D eigenvalue weighted by Crippen LogP contribution is -1.98. The summed E-state index contributed by atoms with van der Waals surface area (Å²) in [4.78, 5) is 0. The van der Waals surface area contributed by atoms with Crippen molar-refractivity contribution in [1.29, 1.82) is 0 Å². The van der Waals surface area contributed by atoms with Gasteiger partial charge in [-0.15, -0.1) is 0 Å². The fraction of sp³-hybridized carbons (Fsp3) is 0. The van der Waals surface area contributed by atoms with Gasteiger partial charge < -0.3 is 16.2 Å². The maximum Gasteiger partial charge on any atom is 0.152 e. The second-order valence-corrected chi connectivity index (χ2v) is 4.27. The molecule has 0 radical (unpaired) electrons. The third-order valence-corrected chi connectivity index (χ3v) is 2.82. The first-order valence-electron chi connectivity index (χ1n) is 4.85. The number of nitrogen functional groups attached to an aromatic ring is 2. The molecule has 0 aliphatic carbocycles. The minimum atomic E-state index is 0.318. The number of anilines is 2. The van der Waals surface area contributed by atoms with Crippen LogP contribution in [-0.2, 0) is 0 Å². The summed E-state index contributed by atoms with van der Waals surface area (Å²) >= 11 is 11.6. The molecule has 0 aromatic heterocycles. The Morgan fingerprint density at radius 1 is 0.824 bits per heavy atom. The summed E-state index contributed by atoms with van der Waals surface area (Å²) in [6, 6.07) is 10.2. The lowest BCUT2D eigenvalue weighted by atomic mass is 10.2. The molecule has 0 saturated carbocycles. The molecule has 2 aromatic rings. The topological polar surface area (TPSA) is 61.3 Å². The number of halogens is 2. The highest BCUT2D eigenvalue weighted by Gasteiger charge is 2.08. The third-order valence-electron chi connectivity index (χ3n) is 2.24. The smallest absolute Gasteiger partial charge is 0.152 e. The molecule has 2 aromatic carbocycles. The Balaban J connectivity index is 2.30. The molecule has 0 saturated heterocycles. The van der Waals surface area contributed by atoms with Crippen molar-refractivity contribution in [3.05, 3.63) is 46.4 Å². The number of ether oxygens (including phenoxy) is 1. The van der Waals surface area contributed by atoms with E-state index in [1.165, 1.54) is 0 Å². The number of rotatable bonds is 2. The monoisotopic (exact) mass is 268 g/mol. The molecule has 0 fully saturated rings. The Hall–Kier alpha value is -1.58. The van der Waals surface area contributed by atoms with E-state index in [1.54, 1.807) is 36.4 Å². The zero-order chi connectivity index (χ0) is 12.4. The van der Waals surface area contributed by atoms with Crippen molar-refractivity contribution in [3.63, 3.8) is 0 Å². The first-order chi connectivity index (χ1) is 8.08. The second-order valence-electron chi connectivity index (χ2n) is 3.43. The summed E-state index contributed by atoms with van der Waals surface area (Å²) in [7, 11) is 0. The standard InChI is InChI=1S/C12H10Cl2N2O/c13-7-1-3-8(4-2-7)17-10-6-5-9(14)11(15)12(10)16/h1-6H,15-16H2. The van der Waals surface area contributed by atoms with Crippen LogP contribution in [0.1, 0.15) is 0 Å².